The standard InChI is InChI=1S/C10H14O4/c1-6(5-11)7-3-9(13)10(2,14)4-8(7)12/h5-7,14H,3-4H2,1-2H3/t6-,7+,10-/m0/s1. The highest BCUT2D eigenvalue weighted by Crippen LogP contribution is 2.29. The minimum atomic E-state index is -1.53. The van der Waals surface area contributed by atoms with Crippen LogP contribution >= 0.6 is 0 Å². The maximum absolute atomic E-state index is 11.5. The molecule has 0 radical (unpaired) electrons. The van der Waals surface area contributed by atoms with Crippen LogP contribution in [0.2, 0.25) is 0 Å². The van der Waals surface area contributed by atoms with Crippen LogP contribution in [0.25, 0.3) is 0 Å². The molecule has 1 fully saturated rings. The molecule has 1 aliphatic rings. The van der Waals surface area contributed by atoms with Gasteiger partial charge in [0.05, 0.1) is 0 Å². The van der Waals surface area contributed by atoms with Gasteiger partial charge in [0.25, 0.3) is 0 Å². The van der Waals surface area contributed by atoms with E-state index >= 15 is 0 Å². The largest absolute Gasteiger partial charge is 0.382 e. The average Bonchev–Trinajstić information content (AvgIpc) is 2.09. The van der Waals surface area contributed by atoms with Crippen molar-refractivity contribution >= 4 is 17.9 Å². The Labute approximate surface area is 82.3 Å². The third-order valence-corrected chi connectivity index (χ3v) is 2.79. The van der Waals surface area contributed by atoms with Crippen molar-refractivity contribution in [1.82, 2.24) is 0 Å². The van der Waals surface area contributed by atoms with Gasteiger partial charge in [-0.25, -0.2) is 0 Å². The molecule has 4 nitrogen and oxygen atoms in total. The van der Waals surface area contributed by atoms with Crippen molar-refractivity contribution in [2.75, 3.05) is 0 Å². The molecule has 0 aliphatic heterocycles. The van der Waals surface area contributed by atoms with Crippen LogP contribution in [0.3, 0.4) is 0 Å². The molecular formula is C10H14O4. The maximum Gasteiger partial charge on any atom is 0.165 e. The van der Waals surface area contributed by atoms with E-state index in [1.807, 2.05) is 0 Å². The Morgan fingerprint density at radius 3 is 2.64 bits per heavy atom. The lowest BCUT2D eigenvalue weighted by Crippen LogP contribution is -2.47. The third kappa shape index (κ3) is 1.90. The molecule has 1 rings (SSSR count). The second-order valence-electron chi connectivity index (χ2n) is 4.15. The van der Waals surface area contributed by atoms with E-state index in [4.69, 9.17) is 0 Å². The van der Waals surface area contributed by atoms with Gasteiger partial charge in [-0.2, -0.15) is 0 Å². The zero-order valence-electron chi connectivity index (χ0n) is 8.32. The van der Waals surface area contributed by atoms with Crippen molar-refractivity contribution in [2.24, 2.45) is 11.8 Å². The SMILES string of the molecule is C[C@@H](C=O)[C@H]1CC(=O)[C@@](C)(O)CC1=O. The molecule has 0 spiro atoms. The first-order chi connectivity index (χ1) is 6.38. The first-order valence-corrected chi connectivity index (χ1v) is 4.62. The van der Waals surface area contributed by atoms with Crippen LogP contribution in [0, 0.1) is 11.8 Å². The van der Waals surface area contributed by atoms with Crippen molar-refractivity contribution in [3.63, 3.8) is 0 Å². The van der Waals surface area contributed by atoms with Gasteiger partial charge >= 0.3 is 0 Å². The second kappa shape index (κ2) is 3.61. The molecule has 14 heavy (non-hydrogen) atoms. The van der Waals surface area contributed by atoms with E-state index in [0.717, 1.165) is 0 Å². The molecule has 0 bridgehead atoms. The Morgan fingerprint density at radius 1 is 1.57 bits per heavy atom. The van der Waals surface area contributed by atoms with Crippen molar-refractivity contribution in [3.8, 4) is 0 Å². The molecule has 3 atom stereocenters. The zero-order valence-corrected chi connectivity index (χ0v) is 8.32. The van der Waals surface area contributed by atoms with Crippen molar-refractivity contribution in [3.05, 3.63) is 0 Å². The fourth-order valence-electron chi connectivity index (χ4n) is 1.68. The number of carbonyl (C=O) groups is 3. The van der Waals surface area contributed by atoms with Crippen LogP contribution in [-0.4, -0.2) is 28.6 Å². The summed E-state index contributed by atoms with van der Waals surface area (Å²) >= 11 is 0. The Balaban J connectivity index is 2.82. The van der Waals surface area contributed by atoms with Crippen molar-refractivity contribution in [1.29, 1.82) is 0 Å². The predicted octanol–water partition coefficient (Wildman–Crippen LogP) is 0.121. The summed E-state index contributed by atoms with van der Waals surface area (Å²) in [6, 6.07) is 0. The lowest BCUT2D eigenvalue weighted by Gasteiger charge is -2.31. The average molecular weight is 198 g/mol. The van der Waals surface area contributed by atoms with E-state index in [1.165, 1.54) is 6.92 Å². The summed E-state index contributed by atoms with van der Waals surface area (Å²) in [6.07, 6.45) is 0.482. The first-order valence-electron chi connectivity index (χ1n) is 4.62. The highest BCUT2D eigenvalue weighted by atomic mass is 16.3. The van der Waals surface area contributed by atoms with Crippen LogP contribution < -0.4 is 0 Å². The maximum atomic E-state index is 11.5. The molecule has 78 valence electrons. The highest BCUT2D eigenvalue weighted by Gasteiger charge is 2.43. The summed E-state index contributed by atoms with van der Waals surface area (Å²) < 4.78 is 0. The van der Waals surface area contributed by atoms with E-state index in [0.29, 0.717) is 6.29 Å². The molecule has 4 heteroatoms. The van der Waals surface area contributed by atoms with Gasteiger partial charge < -0.3 is 9.90 Å². The molecule has 1 saturated carbocycles. The molecule has 0 aromatic carbocycles. The van der Waals surface area contributed by atoms with Gasteiger partial charge in [0.2, 0.25) is 0 Å². The van der Waals surface area contributed by atoms with Gasteiger partial charge in [-0.05, 0) is 6.92 Å². The number of aliphatic hydroxyl groups is 1. The minimum absolute atomic E-state index is 0.0221. The Kier molecular flexibility index (Phi) is 2.85. The molecular weight excluding hydrogens is 184 g/mol. The summed E-state index contributed by atoms with van der Waals surface area (Å²) in [5.41, 5.74) is -1.53. The molecule has 1 aliphatic carbocycles. The fraction of sp³-hybridized carbons (Fsp3) is 0.700. The molecule has 0 unspecified atom stereocenters. The number of hydrogen-bond donors (Lipinski definition) is 1. The number of Topliss-reactive ketones (excluding diaryl/α,β-unsaturated/α-hetero) is 2. The normalized spacial score (nSPS) is 35.5. The van der Waals surface area contributed by atoms with Crippen LogP contribution in [0.5, 0.6) is 0 Å². The van der Waals surface area contributed by atoms with Gasteiger partial charge in [-0.3, -0.25) is 9.59 Å². The number of carbonyl (C=O) groups excluding carboxylic acids is 3. The topological polar surface area (TPSA) is 71.4 Å². The van der Waals surface area contributed by atoms with Crippen molar-refractivity contribution < 1.29 is 19.5 Å². The Bertz CT molecular complexity index is 280. The van der Waals surface area contributed by atoms with Crippen LogP contribution in [0.15, 0.2) is 0 Å². The quantitative estimate of drug-likeness (QED) is 0.640. The lowest BCUT2D eigenvalue weighted by atomic mass is 9.73. The summed E-state index contributed by atoms with van der Waals surface area (Å²) in [6.45, 7) is 2.96. The number of hydrogen-bond acceptors (Lipinski definition) is 4. The summed E-state index contributed by atoms with van der Waals surface area (Å²) in [5.74, 6) is -1.53. The number of ketones is 2. The second-order valence-corrected chi connectivity index (χ2v) is 4.15. The molecule has 0 heterocycles. The van der Waals surface area contributed by atoms with Crippen molar-refractivity contribution in [2.45, 2.75) is 32.3 Å². The fourth-order valence-corrected chi connectivity index (χ4v) is 1.68. The summed E-state index contributed by atoms with van der Waals surface area (Å²) in [5, 5.41) is 9.53. The van der Waals surface area contributed by atoms with E-state index in [9.17, 15) is 19.5 Å². The zero-order chi connectivity index (χ0) is 10.9. The van der Waals surface area contributed by atoms with Gasteiger partial charge in [0, 0.05) is 24.7 Å². The molecule has 0 aromatic rings. The minimum Gasteiger partial charge on any atom is -0.382 e. The molecule has 0 aromatic heterocycles. The van der Waals surface area contributed by atoms with E-state index in [-0.39, 0.29) is 24.4 Å². The van der Waals surface area contributed by atoms with Crippen LogP contribution in [0.1, 0.15) is 26.7 Å². The number of rotatable bonds is 2. The lowest BCUT2D eigenvalue weighted by molar-refractivity contribution is -0.151. The van der Waals surface area contributed by atoms with E-state index < -0.39 is 17.4 Å². The monoisotopic (exact) mass is 198 g/mol. The van der Waals surface area contributed by atoms with Gasteiger partial charge in [0.1, 0.15) is 17.7 Å². The van der Waals surface area contributed by atoms with Gasteiger partial charge in [-0.1, -0.05) is 6.92 Å². The van der Waals surface area contributed by atoms with Gasteiger partial charge in [0.15, 0.2) is 5.78 Å². The molecule has 0 amide bonds. The van der Waals surface area contributed by atoms with Crippen LogP contribution in [0.4, 0.5) is 0 Å². The van der Waals surface area contributed by atoms with Crippen LogP contribution in [-0.2, 0) is 14.4 Å². The Morgan fingerprint density at radius 2 is 2.14 bits per heavy atom. The van der Waals surface area contributed by atoms with E-state index in [2.05, 4.69) is 0 Å². The Hall–Kier alpha value is -1.03. The first kappa shape index (κ1) is 11.0. The third-order valence-electron chi connectivity index (χ3n) is 2.79. The predicted molar refractivity (Wildman–Crippen MR) is 48.6 cm³/mol. The summed E-state index contributed by atoms with van der Waals surface area (Å²) in [4.78, 5) is 33.4. The molecule has 0 saturated heterocycles. The molecule has 1 N–H and O–H groups in total. The smallest absolute Gasteiger partial charge is 0.165 e. The van der Waals surface area contributed by atoms with E-state index in [1.54, 1.807) is 6.92 Å². The van der Waals surface area contributed by atoms with Gasteiger partial charge in [-0.15, -0.1) is 0 Å². The number of aldehydes is 1. The highest BCUT2D eigenvalue weighted by molar-refractivity contribution is 6.01. The summed E-state index contributed by atoms with van der Waals surface area (Å²) in [7, 11) is 0.